The maximum absolute atomic E-state index is 10.5. The molecule has 0 aliphatic rings. The molecular formula is C13H16O5. The van der Waals surface area contributed by atoms with Crippen molar-refractivity contribution in [2.45, 2.75) is 6.42 Å². The Kier molecular flexibility index (Phi) is 5.05. The number of carboxylic acids is 1. The highest BCUT2D eigenvalue weighted by atomic mass is 16.5. The summed E-state index contributed by atoms with van der Waals surface area (Å²) in [5.41, 5.74) is 0.682. The van der Waals surface area contributed by atoms with Gasteiger partial charge in [-0.3, -0.25) is 4.79 Å². The Hall–Kier alpha value is -2.17. The van der Waals surface area contributed by atoms with Crippen LogP contribution in [0.2, 0.25) is 0 Å². The second-order valence-corrected chi connectivity index (χ2v) is 3.45. The van der Waals surface area contributed by atoms with Crippen molar-refractivity contribution in [1.82, 2.24) is 0 Å². The molecule has 5 heteroatoms. The number of hydrogen-bond donors (Lipinski definition) is 1. The summed E-state index contributed by atoms with van der Waals surface area (Å²) >= 11 is 0. The van der Waals surface area contributed by atoms with Crippen molar-refractivity contribution in [1.29, 1.82) is 0 Å². The molecule has 18 heavy (non-hydrogen) atoms. The Labute approximate surface area is 106 Å². The maximum atomic E-state index is 10.5. The Morgan fingerprint density at radius 3 is 2.11 bits per heavy atom. The van der Waals surface area contributed by atoms with Crippen molar-refractivity contribution in [3.63, 3.8) is 0 Å². The molecule has 1 aromatic carbocycles. The highest BCUT2D eigenvalue weighted by Crippen LogP contribution is 2.34. The standard InChI is InChI=1S/C13H16O5/c1-16-9-7-11(17-2)10(12(8-9)18-3)5-4-6-13(14)15/h4-5,7-8H,6H2,1-3H3,(H,14,15)/b5-4+. The van der Waals surface area contributed by atoms with Crippen LogP contribution in [0.4, 0.5) is 0 Å². The van der Waals surface area contributed by atoms with Crippen LogP contribution >= 0.6 is 0 Å². The van der Waals surface area contributed by atoms with Crippen LogP contribution in [-0.4, -0.2) is 32.4 Å². The first-order valence-corrected chi connectivity index (χ1v) is 5.30. The zero-order valence-electron chi connectivity index (χ0n) is 10.6. The first-order chi connectivity index (χ1) is 8.62. The predicted octanol–water partition coefficient (Wildman–Crippen LogP) is 2.20. The van der Waals surface area contributed by atoms with E-state index in [1.807, 2.05) is 0 Å². The van der Waals surface area contributed by atoms with Crippen LogP contribution in [0, 0.1) is 0 Å². The van der Waals surface area contributed by atoms with Gasteiger partial charge in [0.2, 0.25) is 0 Å². The summed E-state index contributed by atoms with van der Waals surface area (Å²) in [6.07, 6.45) is 3.14. The van der Waals surface area contributed by atoms with Gasteiger partial charge in [-0.1, -0.05) is 12.2 Å². The van der Waals surface area contributed by atoms with Crippen molar-refractivity contribution in [2.24, 2.45) is 0 Å². The molecule has 1 aromatic rings. The van der Waals surface area contributed by atoms with Gasteiger partial charge >= 0.3 is 5.97 Å². The van der Waals surface area contributed by atoms with Crippen LogP contribution in [0.5, 0.6) is 17.2 Å². The zero-order chi connectivity index (χ0) is 13.5. The van der Waals surface area contributed by atoms with E-state index in [-0.39, 0.29) is 6.42 Å². The lowest BCUT2D eigenvalue weighted by Crippen LogP contribution is -1.95. The Bertz CT molecular complexity index is 426. The van der Waals surface area contributed by atoms with Crippen LogP contribution in [0.3, 0.4) is 0 Å². The van der Waals surface area contributed by atoms with Crippen molar-refractivity contribution in [3.05, 3.63) is 23.8 Å². The summed E-state index contributed by atoms with van der Waals surface area (Å²) in [7, 11) is 4.61. The molecule has 1 N–H and O–H groups in total. The Morgan fingerprint density at radius 2 is 1.72 bits per heavy atom. The lowest BCUT2D eigenvalue weighted by atomic mass is 10.1. The van der Waals surface area contributed by atoms with E-state index in [2.05, 4.69) is 0 Å². The summed E-state index contributed by atoms with van der Waals surface area (Å²) in [5, 5.41) is 8.59. The third-order valence-corrected chi connectivity index (χ3v) is 2.33. The van der Waals surface area contributed by atoms with E-state index in [1.165, 1.54) is 20.3 Å². The smallest absolute Gasteiger partial charge is 0.307 e. The van der Waals surface area contributed by atoms with E-state index in [0.717, 1.165) is 0 Å². The van der Waals surface area contributed by atoms with Gasteiger partial charge in [-0.15, -0.1) is 0 Å². The highest BCUT2D eigenvalue weighted by molar-refractivity contribution is 5.72. The van der Waals surface area contributed by atoms with Gasteiger partial charge in [-0.25, -0.2) is 0 Å². The summed E-state index contributed by atoms with van der Waals surface area (Å²) in [4.78, 5) is 10.5. The van der Waals surface area contributed by atoms with Crippen molar-refractivity contribution in [2.75, 3.05) is 21.3 Å². The van der Waals surface area contributed by atoms with Crippen molar-refractivity contribution in [3.8, 4) is 17.2 Å². The molecule has 0 aliphatic carbocycles. The van der Waals surface area contributed by atoms with Gasteiger partial charge in [0.15, 0.2) is 0 Å². The van der Waals surface area contributed by atoms with Crippen LogP contribution in [0.1, 0.15) is 12.0 Å². The Morgan fingerprint density at radius 1 is 1.17 bits per heavy atom. The van der Waals surface area contributed by atoms with Crippen LogP contribution in [0.25, 0.3) is 6.08 Å². The zero-order valence-corrected chi connectivity index (χ0v) is 10.6. The predicted molar refractivity (Wildman–Crippen MR) is 67.4 cm³/mol. The van der Waals surface area contributed by atoms with Gasteiger partial charge in [0.1, 0.15) is 17.2 Å². The number of carboxylic acid groups (broad SMARTS) is 1. The quantitative estimate of drug-likeness (QED) is 0.840. The molecule has 5 nitrogen and oxygen atoms in total. The van der Waals surface area contributed by atoms with Crippen LogP contribution in [-0.2, 0) is 4.79 Å². The first-order valence-electron chi connectivity index (χ1n) is 5.30. The minimum absolute atomic E-state index is 0.0572. The van der Waals surface area contributed by atoms with Gasteiger partial charge < -0.3 is 19.3 Å². The minimum Gasteiger partial charge on any atom is -0.496 e. The van der Waals surface area contributed by atoms with Crippen LogP contribution in [0.15, 0.2) is 18.2 Å². The molecule has 0 aliphatic heterocycles. The topological polar surface area (TPSA) is 65.0 Å². The largest absolute Gasteiger partial charge is 0.496 e. The van der Waals surface area contributed by atoms with E-state index >= 15 is 0 Å². The molecule has 0 fully saturated rings. The Balaban J connectivity index is 3.14. The SMILES string of the molecule is COc1cc(OC)c(/C=C/CC(=O)O)c(OC)c1. The fourth-order valence-electron chi connectivity index (χ4n) is 1.47. The second kappa shape index (κ2) is 6.54. The van der Waals surface area contributed by atoms with Crippen molar-refractivity contribution >= 4 is 12.0 Å². The molecule has 0 aromatic heterocycles. The fraction of sp³-hybridized carbons (Fsp3) is 0.308. The molecule has 0 amide bonds. The van der Waals surface area contributed by atoms with E-state index in [0.29, 0.717) is 22.8 Å². The van der Waals surface area contributed by atoms with Gasteiger partial charge in [0.05, 0.1) is 33.3 Å². The molecule has 0 bridgehead atoms. The number of hydrogen-bond acceptors (Lipinski definition) is 4. The molecule has 98 valence electrons. The second-order valence-electron chi connectivity index (χ2n) is 3.45. The third-order valence-electron chi connectivity index (χ3n) is 2.33. The number of rotatable bonds is 6. The van der Waals surface area contributed by atoms with Crippen molar-refractivity contribution < 1.29 is 24.1 Å². The summed E-state index contributed by atoms with van der Waals surface area (Å²) in [6.45, 7) is 0. The number of ether oxygens (including phenoxy) is 3. The highest BCUT2D eigenvalue weighted by Gasteiger charge is 2.10. The van der Waals surface area contributed by atoms with E-state index in [9.17, 15) is 4.79 Å². The summed E-state index contributed by atoms with van der Waals surface area (Å²) in [5.74, 6) is 0.845. The molecule has 0 saturated carbocycles. The third kappa shape index (κ3) is 3.41. The van der Waals surface area contributed by atoms with E-state index < -0.39 is 5.97 Å². The fourth-order valence-corrected chi connectivity index (χ4v) is 1.47. The molecule has 0 spiro atoms. The number of methoxy groups -OCH3 is 3. The molecule has 0 saturated heterocycles. The molecule has 0 heterocycles. The lowest BCUT2D eigenvalue weighted by molar-refractivity contribution is -0.135. The molecule has 1 rings (SSSR count). The summed E-state index contributed by atoms with van der Waals surface area (Å²) < 4.78 is 15.6. The van der Waals surface area contributed by atoms with E-state index in [1.54, 1.807) is 25.3 Å². The average molecular weight is 252 g/mol. The number of carbonyl (C=O) groups is 1. The van der Waals surface area contributed by atoms with Crippen LogP contribution < -0.4 is 14.2 Å². The molecule has 0 atom stereocenters. The normalized spacial score (nSPS) is 10.4. The van der Waals surface area contributed by atoms with Gasteiger partial charge in [-0.05, 0) is 0 Å². The van der Waals surface area contributed by atoms with Gasteiger partial charge in [0, 0.05) is 12.1 Å². The van der Waals surface area contributed by atoms with Gasteiger partial charge in [0.25, 0.3) is 0 Å². The molecule has 0 radical (unpaired) electrons. The number of aliphatic carboxylic acids is 1. The lowest BCUT2D eigenvalue weighted by Gasteiger charge is -2.12. The minimum atomic E-state index is -0.891. The molecule has 0 unspecified atom stereocenters. The van der Waals surface area contributed by atoms with E-state index in [4.69, 9.17) is 19.3 Å². The number of benzene rings is 1. The first kappa shape index (κ1) is 13.9. The van der Waals surface area contributed by atoms with Gasteiger partial charge in [-0.2, -0.15) is 0 Å². The average Bonchev–Trinajstić information content (AvgIpc) is 2.37. The maximum Gasteiger partial charge on any atom is 0.307 e. The summed E-state index contributed by atoms with van der Waals surface area (Å²) in [6, 6.07) is 3.42. The molecular weight excluding hydrogens is 236 g/mol. The monoisotopic (exact) mass is 252 g/mol.